The molecule has 1 aromatic heterocycles. The lowest BCUT2D eigenvalue weighted by molar-refractivity contribution is 0.0425. The van der Waals surface area contributed by atoms with Gasteiger partial charge in [0, 0.05) is 48.8 Å². The summed E-state index contributed by atoms with van der Waals surface area (Å²) in [6.07, 6.45) is 8.80. The van der Waals surface area contributed by atoms with E-state index in [4.69, 9.17) is 4.74 Å². The van der Waals surface area contributed by atoms with Crippen molar-refractivity contribution in [3.05, 3.63) is 65.9 Å². The molecule has 0 radical (unpaired) electrons. The number of hydrogen-bond acceptors (Lipinski definition) is 3. The Hall–Kier alpha value is -2.79. The van der Waals surface area contributed by atoms with Gasteiger partial charge >= 0.3 is 0 Å². The van der Waals surface area contributed by atoms with Crippen LogP contribution in [0.5, 0.6) is 5.75 Å². The van der Waals surface area contributed by atoms with E-state index in [0.29, 0.717) is 0 Å². The maximum absolute atomic E-state index is 13.2. The van der Waals surface area contributed by atoms with Crippen molar-refractivity contribution >= 4 is 16.8 Å². The zero-order chi connectivity index (χ0) is 22.7. The van der Waals surface area contributed by atoms with Crippen LogP contribution < -0.4 is 4.74 Å². The number of aryl methyl sites for hydroxylation is 1. The molecule has 174 valence electrons. The van der Waals surface area contributed by atoms with Gasteiger partial charge in [0.2, 0.25) is 0 Å². The Morgan fingerprint density at radius 2 is 1.85 bits per heavy atom. The number of benzene rings is 2. The van der Waals surface area contributed by atoms with Crippen molar-refractivity contribution in [3.63, 3.8) is 0 Å². The summed E-state index contributed by atoms with van der Waals surface area (Å²) in [6.45, 7) is 4.41. The predicted octanol–water partition coefficient (Wildman–Crippen LogP) is 5.13. The third-order valence-electron chi connectivity index (χ3n) is 7.62. The largest absolute Gasteiger partial charge is 0.492 e. The maximum Gasteiger partial charge on any atom is 0.253 e. The highest BCUT2D eigenvalue weighted by atomic mass is 16.5. The monoisotopic (exact) mass is 445 g/mol. The second-order valence-corrected chi connectivity index (χ2v) is 9.97. The lowest BCUT2D eigenvalue weighted by Gasteiger charge is -2.44. The highest BCUT2D eigenvalue weighted by Crippen LogP contribution is 2.38. The van der Waals surface area contributed by atoms with Crippen LogP contribution in [-0.4, -0.2) is 60.5 Å². The molecule has 33 heavy (non-hydrogen) atoms. The Labute approximate surface area is 196 Å². The molecule has 5 nitrogen and oxygen atoms in total. The average molecular weight is 446 g/mol. The van der Waals surface area contributed by atoms with Crippen LogP contribution in [0.25, 0.3) is 10.9 Å². The molecule has 1 saturated heterocycles. The van der Waals surface area contributed by atoms with Gasteiger partial charge in [0.25, 0.3) is 5.91 Å². The summed E-state index contributed by atoms with van der Waals surface area (Å²) in [5.74, 6) is 1.21. The smallest absolute Gasteiger partial charge is 0.253 e. The van der Waals surface area contributed by atoms with E-state index >= 15 is 0 Å². The molecule has 2 aliphatic heterocycles. The number of aromatic amines is 1. The Bertz CT molecular complexity index is 1100. The van der Waals surface area contributed by atoms with Crippen LogP contribution in [0, 0.1) is 5.41 Å². The summed E-state index contributed by atoms with van der Waals surface area (Å²) < 4.78 is 6.13. The zero-order valence-electron chi connectivity index (χ0n) is 19.7. The van der Waals surface area contributed by atoms with Crippen molar-refractivity contribution < 1.29 is 9.53 Å². The van der Waals surface area contributed by atoms with E-state index in [1.807, 2.05) is 30.5 Å². The normalized spacial score (nSPS) is 20.0. The van der Waals surface area contributed by atoms with Crippen LogP contribution in [0.3, 0.4) is 0 Å². The predicted molar refractivity (Wildman–Crippen MR) is 133 cm³/mol. The fourth-order valence-corrected chi connectivity index (χ4v) is 5.67. The van der Waals surface area contributed by atoms with Gasteiger partial charge in [-0.05, 0) is 80.5 Å². The number of aromatic nitrogens is 1. The molecule has 0 saturated carbocycles. The summed E-state index contributed by atoms with van der Waals surface area (Å²) in [5.41, 5.74) is 3.49. The highest BCUT2D eigenvalue weighted by molar-refractivity contribution is 5.98. The SMILES string of the molecule is CN1CCOc2ccccc2CCCCC2(CCN(C(=O)c3ccc4[nH]ccc4c3)CC2)C1. The number of H-pyrrole nitrogens is 1. The first-order valence-corrected chi connectivity index (χ1v) is 12.4. The standard InChI is InChI=1S/C28H35N3O2/c1-30-18-19-33-26-8-3-2-6-22(26)7-4-5-12-28(21-30)13-16-31(17-14-28)27(32)24-9-10-25-23(20-24)11-15-29-25/h2-3,6,8-11,15,20,29H,4-5,7,12-14,16-19,21H2,1H3. The Kier molecular flexibility index (Phi) is 6.41. The Morgan fingerprint density at radius 3 is 2.73 bits per heavy atom. The number of carbonyl (C=O) groups excluding carboxylic acids is 1. The fraction of sp³-hybridized carbons (Fsp3) is 0.464. The van der Waals surface area contributed by atoms with Gasteiger partial charge in [0.05, 0.1) is 0 Å². The number of hydrogen-bond donors (Lipinski definition) is 1. The molecule has 1 amide bonds. The maximum atomic E-state index is 13.2. The van der Waals surface area contributed by atoms with Crippen LogP contribution in [0.15, 0.2) is 54.7 Å². The number of para-hydroxylation sites is 1. The summed E-state index contributed by atoms with van der Waals surface area (Å²) in [5, 5.41) is 1.10. The van der Waals surface area contributed by atoms with Crippen molar-refractivity contribution in [2.24, 2.45) is 5.41 Å². The first kappa shape index (κ1) is 22.0. The van der Waals surface area contributed by atoms with Crippen molar-refractivity contribution in [2.75, 3.05) is 39.8 Å². The Balaban J connectivity index is 1.24. The van der Waals surface area contributed by atoms with E-state index in [1.165, 1.54) is 24.8 Å². The number of rotatable bonds is 1. The second-order valence-electron chi connectivity index (χ2n) is 9.97. The third-order valence-corrected chi connectivity index (χ3v) is 7.62. The molecule has 3 heterocycles. The van der Waals surface area contributed by atoms with Gasteiger partial charge in [-0.3, -0.25) is 4.79 Å². The summed E-state index contributed by atoms with van der Waals surface area (Å²) in [7, 11) is 2.21. The highest BCUT2D eigenvalue weighted by Gasteiger charge is 2.36. The molecule has 1 fully saturated rings. The second kappa shape index (κ2) is 9.60. The van der Waals surface area contributed by atoms with Gasteiger partial charge in [-0.1, -0.05) is 24.6 Å². The zero-order valence-corrected chi connectivity index (χ0v) is 19.7. The number of nitrogens with zero attached hydrogens (tertiary/aromatic N) is 2. The number of nitrogens with one attached hydrogen (secondary N) is 1. The number of ether oxygens (including phenoxy) is 1. The molecular weight excluding hydrogens is 410 g/mol. The molecule has 1 spiro atoms. The van der Waals surface area contributed by atoms with Crippen LogP contribution in [0.4, 0.5) is 0 Å². The van der Waals surface area contributed by atoms with Gasteiger partial charge < -0.3 is 19.5 Å². The van der Waals surface area contributed by atoms with E-state index in [0.717, 1.165) is 74.3 Å². The van der Waals surface area contributed by atoms with E-state index in [2.05, 4.69) is 46.1 Å². The minimum Gasteiger partial charge on any atom is -0.492 e. The van der Waals surface area contributed by atoms with E-state index in [1.54, 1.807) is 0 Å². The number of amides is 1. The first-order chi connectivity index (χ1) is 16.1. The van der Waals surface area contributed by atoms with Gasteiger partial charge in [-0.15, -0.1) is 0 Å². The molecular formula is C28H35N3O2. The molecule has 0 unspecified atom stereocenters. The Morgan fingerprint density at radius 1 is 1.00 bits per heavy atom. The van der Waals surface area contributed by atoms with Crippen LogP contribution in [-0.2, 0) is 6.42 Å². The third kappa shape index (κ3) is 4.93. The first-order valence-electron chi connectivity index (χ1n) is 12.4. The molecule has 1 N–H and O–H groups in total. The minimum absolute atomic E-state index is 0.166. The van der Waals surface area contributed by atoms with Crippen LogP contribution in [0.2, 0.25) is 0 Å². The molecule has 0 aliphatic carbocycles. The lowest BCUT2D eigenvalue weighted by atomic mass is 9.73. The van der Waals surface area contributed by atoms with Crippen molar-refractivity contribution in [2.45, 2.75) is 38.5 Å². The topological polar surface area (TPSA) is 48.6 Å². The van der Waals surface area contributed by atoms with Crippen molar-refractivity contribution in [1.29, 1.82) is 0 Å². The average Bonchev–Trinajstić information content (AvgIpc) is 3.30. The van der Waals surface area contributed by atoms with E-state index in [9.17, 15) is 4.79 Å². The summed E-state index contributed by atoms with van der Waals surface area (Å²) in [6, 6.07) is 16.5. The van der Waals surface area contributed by atoms with Crippen LogP contribution in [0.1, 0.15) is 48.0 Å². The van der Waals surface area contributed by atoms with E-state index in [-0.39, 0.29) is 11.3 Å². The molecule has 3 aromatic rings. The molecule has 0 atom stereocenters. The van der Waals surface area contributed by atoms with Gasteiger partial charge in [0.1, 0.15) is 12.4 Å². The minimum atomic E-state index is 0.166. The number of fused-ring (bicyclic) bond motifs is 2. The van der Waals surface area contributed by atoms with Crippen molar-refractivity contribution in [1.82, 2.24) is 14.8 Å². The lowest BCUT2D eigenvalue weighted by Crippen LogP contribution is -2.48. The van der Waals surface area contributed by atoms with Crippen LogP contribution >= 0.6 is 0 Å². The quantitative estimate of drug-likeness (QED) is 0.565. The number of likely N-dealkylation sites (tertiary alicyclic amines) is 1. The van der Waals surface area contributed by atoms with Gasteiger partial charge in [0.15, 0.2) is 0 Å². The number of piperidine rings is 1. The fourth-order valence-electron chi connectivity index (χ4n) is 5.67. The van der Waals surface area contributed by atoms with Gasteiger partial charge in [-0.2, -0.15) is 0 Å². The molecule has 5 heteroatoms. The summed E-state index contributed by atoms with van der Waals surface area (Å²) >= 11 is 0. The molecule has 0 bridgehead atoms. The van der Waals surface area contributed by atoms with E-state index < -0.39 is 0 Å². The number of likely N-dealkylation sites (N-methyl/N-ethyl adjacent to an activating group) is 1. The molecule has 2 aromatic carbocycles. The summed E-state index contributed by atoms with van der Waals surface area (Å²) in [4.78, 5) is 20.9. The van der Waals surface area contributed by atoms with Crippen molar-refractivity contribution in [3.8, 4) is 5.75 Å². The molecule has 5 rings (SSSR count). The number of carbonyl (C=O) groups is 1. The molecule has 2 aliphatic rings. The van der Waals surface area contributed by atoms with Gasteiger partial charge in [-0.25, -0.2) is 0 Å².